The molecule has 1 amide bonds. The van der Waals surface area contributed by atoms with Gasteiger partial charge in [-0.15, -0.1) is 0 Å². The molecule has 0 unspecified atom stereocenters. The number of piperazine rings is 1. The Bertz CT molecular complexity index is 673. The van der Waals surface area contributed by atoms with Gasteiger partial charge in [0.1, 0.15) is 0 Å². The van der Waals surface area contributed by atoms with Crippen molar-refractivity contribution < 1.29 is 4.79 Å². The largest absolute Gasteiger partial charge is 0.368 e. The van der Waals surface area contributed by atoms with Gasteiger partial charge in [0, 0.05) is 31.9 Å². The lowest BCUT2D eigenvalue weighted by Crippen LogP contribution is -2.49. The van der Waals surface area contributed by atoms with E-state index in [0.717, 1.165) is 31.7 Å². The highest BCUT2D eigenvalue weighted by atomic mass is 16.2. The molecule has 1 aliphatic rings. The lowest BCUT2D eigenvalue weighted by molar-refractivity contribution is -0.130. The number of benzene rings is 2. The smallest absolute Gasteiger partial charge is 0.227 e. The Kier molecular flexibility index (Phi) is 4.65. The van der Waals surface area contributed by atoms with Gasteiger partial charge in [0.25, 0.3) is 0 Å². The van der Waals surface area contributed by atoms with E-state index in [1.54, 1.807) is 0 Å². The average molecular weight is 308 g/mol. The van der Waals surface area contributed by atoms with Gasteiger partial charge in [0.05, 0.1) is 6.42 Å². The molecule has 3 nitrogen and oxygen atoms in total. The molecule has 23 heavy (non-hydrogen) atoms. The summed E-state index contributed by atoms with van der Waals surface area (Å²) in [5.74, 6) is 0.242. The highest BCUT2D eigenvalue weighted by Crippen LogP contribution is 2.17. The van der Waals surface area contributed by atoms with E-state index in [4.69, 9.17) is 0 Å². The van der Waals surface area contributed by atoms with Crippen molar-refractivity contribution in [2.45, 2.75) is 20.3 Å². The van der Waals surface area contributed by atoms with Gasteiger partial charge in [-0.05, 0) is 37.1 Å². The standard InChI is InChI=1S/C20H24N2O/c1-16-8-9-17(2)18(14-16)15-20(23)22-12-10-21(11-13-22)19-6-4-3-5-7-19/h3-9,14H,10-13,15H2,1-2H3. The molecule has 0 aromatic heterocycles. The first-order valence-electron chi connectivity index (χ1n) is 8.27. The van der Waals surface area contributed by atoms with Crippen molar-refractivity contribution in [3.05, 3.63) is 65.2 Å². The maximum Gasteiger partial charge on any atom is 0.227 e. The van der Waals surface area contributed by atoms with Gasteiger partial charge in [0.15, 0.2) is 0 Å². The molecule has 0 saturated carbocycles. The third kappa shape index (κ3) is 3.73. The van der Waals surface area contributed by atoms with E-state index in [0.29, 0.717) is 6.42 Å². The number of nitrogens with zero attached hydrogens (tertiary/aromatic N) is 2. The number of carbonyl (C=O) groups excluding carboxylic acids is 1. The van der Waals surface area contributed by atoms with Crippen LogP contribution in [0.25, 0.3) is 0 Å². The van der Waals surface area contributed by atoms with Crippen molar-refractivity contribution in [3.8, 4) is 0 Å². The predicted octanol–water partition coefficient (Wildman–Crippen LogP) is 3.19. The monoisotopic (exact) mass is 308 g/mol. The fourth-order valence-electron chi connectivity index (χ4n) is 3.12. The van der Waals surface area contributed by atoms with Crippen LogP contribution >= 0.6 is 0 Å². The number of aryl methyl sites for hydroxylation is 2. The highest BCUT2D eigenvalue weighted by Gasteiger charge is 2.21. The molecule has 2 aromatic carbocycles. The molecule has 1 saturated heterocycles. The number of hydrogen-bond acceptors (Lipinski definition) is 2. The fraction of sp³-hybridized carbons (Fsp3) is 0.350. The normalized spacial score (nSPS) is 14.9. The summed E-state index contributed by atoms with van der Waals surface area (Å²) in [5, 5.41) is 0. The molecule has 0 bridgehead atoms. The van der Waals surface area contributed by atoms with Gasteiger partial charge < -0.3 is 9.80 Å². The summed E-state index contributed by atoms with van der Waals surface area (Å²) in [6, 6.07) is 16.8. The minimum atomic E-state index is 0.242. The van der Waals surface area contributed by atoms with E-state index in [9.17, 15) is 4.79 Å². The Balaban J connectivity index is 1.59. The average Bonchev–Trinajstić information content (AvgIpc) is 2.59. The molecule has 0 aliphatic carbocycles. The Morgan fingerprint density at radius 2 is 1.65 bits per heavy atom. The first-order valence-corrected chi connectivity index (χ1v) is 8.27. The van der Waals surface area contributed by atoms with Crippen LogP contribution in [0.5, 0.6) is 0 Å². The molecule has 0 N–H and O–H groups in total. The molecule has 1 heterocycles. The number of hydrogen-bond donors (Lipinski definition) is 0. The molecule has 120 valence electrons. The van der Waals surface area contributed by atoms with Gasteiger partial charge in [0.2, 0.25) is 5.91 Å². The van der Waals surface area contributed by atoms with Gasteiger partial charge in [-0.1, -0.05) is 42.0 Å². The summed E-state index contributed by atoms with van der Waals surface area (Å²) in [5.41, 5.74) is 4.81. The number of carbonyl (C=O) groups is 1. The summed E-state index contributed by atoms with van der Waals surface area (Å²) in [6.07, 6.45) is 0.513. The van der Waals surface area contributed by atoms with Crippen LogP contribution < -0.4 is 4.90 Å². The number of rotatable bonds is 3. The summed E-state index contributed by atoms with van der Waals surface area (Å²) in [6.45, 7) is 7.57. The molecule has 1 fully saturated rings. The van der Waals surface area contributed by atoms with Crippen LogP contribution in [0.4, 0.5) is 5.69 Å². The van der Waals surface area contributed by atoms with Crippen molar-refractivity contribution in [2.75, 3.05) is 31.1 Å². The Hall–Kier alpha value is -2.29. The van der Waals surface area contributed by atoms with E-state index in [1.807, 2.05) is 11.0 Å². The van der Waals surface area contributed by atoms with Crippen molar-refractivity contribution in [3.63, 3.8) is 0 Å². The van der Waals surface area contributed by atoms with Gasteiger partial charge in [-0.3, -0.25) is 4.79 Å². The van der Waals surface area contributed by atoms with Crippen LogP contribution in [0.15, 0.2) is 48.5 Å². The molecule has 1 aliphatic heterocycles. The van der Waals surface area contributed by atoms with Gasteiger partial charge in [-0.2, -0.15) is 0 Å². The summed E-state index contributed by atoms with van der Waals surface area (Å²) in [4.78, 5) is 16.9. The second kappa shape index (κ2) is 6.86. The molecular weight excluding hydrogens is 284 g/mol. The molecule has 0 radical (unpaired) electrons. The molecule has 0 atom stereocenters. The fourth-order valence-corrected chi connectivity index (χ4v) is 3.12. The summed E-state index contributed by atoms with van der Waals surface area (Å²) < 4.78 is 0. The van der Waals surface area contributed by atoms with Crippen molar-refractivity contribution >= 4 is 11.6 Å². The van der Waals surface area contributed by atoms with Crippen molar-refractivity contribution in [1.82, 2.24) is 4.90 Å². The zero-order valence-corrected chi connectivity index (χ0v) is 14.0. The number of para-hydroxylation sites is 1. The van der Waals surface area contributed by atoms with E-state index >= 15 is 0 Å². The lowest BCUT2D eigenvalue weighted by Gasteiger charge is -2.36. The third-order valence-electron chi connectivity index (χ3n) is 4.60. The maximum atomic E-state index is 12.6. The third-order valence-corrected chi connectivity index (χ3v) is 4.60. The molecule has 0 spiro atoms. The SMILES string of the molecule is Cc1ccc(C)c(CC(=O)N2CCN(c3ccccc3)CC2)c1. The zero-order chi connectivity index (χ0) is 16.2. The minimum Gasteiger partial charge on any atom is -0.368 e. The molecular formula is C20H24N2O. The highest BCUT2D eigenvalue weighted by molar-refractivity contribution is 5.79. The zero-order valence-electron chi connectivity index (χ0n) is 14.0. The Morgan fingerprint density at radius 3 is 2.35 bits per heavy atom. The second-order valence-corrected chi connectivity index (χ2v) is 6.31. The van der Waals surface area contributed by atoms with Crippen LogP contribution in [-0.4, -0.2) is 37.0 Å². The van der Waals surface area contributed by atoms with Crippen molar-refractivity contribution in [2.24, 2.45) is 0 Å². The lowest BCUT2D eigenvalue weighted by atomic mass is 10.0. The number of anilines is 1. The van der Waals surface area contributed by atoms with Crippen LogP contribution in [0, 0.1) is 13.8 Å². The quantitative estimate of drug-likeness (QED) is 0.869. The van der Waals surface area contributed by atoms with Gasteiger partial charge in [-0.25, -0.2) is 0 Å². The molecule has 3 heteroatoms. The second-order valence-electron chi connectivity index (χ2n) is 6.31. The maximum absolute atomic E-state index is 12.6. The van der Waals surface area contributed by atoms with Crippen LogP contribution in [0.1, 0.15) is 16.7 Å². The molecule has 2 aromatic rings. The van der Waals surface area contributed by atoms with Crippen LogP contribution in [-0.2, 0) is 11.2 Å². The topological polar surface area (TPSA) is 23.6 Å². The van der Waals surface area contributed by atoms with E-state index in [1.165, 1.54) is 16.8 Å². The number of amides is 1. The first-order chi connectivity index (χ1) is 11.1. The first kappa shape index (κ1) is 15.6. The summed E-state index contributed by atoms with van der Waals surface area (Å²) >= 11 is 0. The Morgan fingerprint density at radius 1 is 0.957 bits per heavy atom. The van der Waals surface area contributed by atoms with E-state index < -0.39 is 0 Å². The van der Waals surface area contributed by atoms with E-state index in [-0.39, 0.29) is 5.91 Å². The van der Waals surface area contributed by atoms with Crippen molar-refractivity contribution in [1.29, 1.82) is 0 Å². The summed E-state index contributed by atoms with van der Waals surface area (Å²) in [7, 11) is 0. The van der Waals surface area contributed by atoms with Crippen LogP contribution in [0.3, 0.4) is 0 Å². The predicted molar refractivity (Wildman–Crippen MR) is 94.9 cm³/mol. The molecule has 3 rings (SSSR count). The van der Waals surface area contributed by atoms with Crippen LogP contribution in [0.2, 0.25) is 0 Å². The van der Waals surface area contributed by atoms with E-state index in [2.05, 4.69) is 61.2 Å². The minimum absolute atomic E-state index is 0.242. The van der Waals surface area contributed by atoms with Gasteiger partial charge >= 0.3 is 0 Å². The Labute approximate surface area is 138 Å².